The van der Waals surface area contributed by atoms with Crippen molar-refractivity contribution >= 4 is 28.8 Å². The van der Waals surface area contributed by atoms with Crippen LogP contribution in [0.15, 0.2) is 36.4 Å². The molecular weight excluding hydrogens is 280 g/mol. The number of thiophene rings is 1. The first-order chi connectivity index (χ1) is 9.10. The second kappa shape index (κ2) is 6.19. The maximum absolute atomic E-state index is 12.2. The summed E-state index contributed by atoms with van der Waals surface area (Å²) < 4.78 is 0.739. The van der Waals surface area contributed by atoms with Gasteiger partial charge < -0.3 is 10.6 Å². The Balaban J connectivity index is 2.05. The van der Waals surface area contributed by atoms with Gasteiger partial charge in [0.2, 0.25) is 0 Å². The molecule has 2 aromatic rings. The van der Waals surface area contributed by atoms with Gasteiger partial charge in [-0.15, -0.1) is 11.3 Å². The molecule has 0 saturated heterocycles. The van der Waals surface area contributed by atoms with Gasteiger partial charge >= 0.3 is 0 Å². The molecular formula is C14H15ClN2OS. The molecule has 1 aromatic carbocycles. The van der Waals surface area contributed by atoms with Crippen LogP contribution in [0.1, 0.15) is 20.8 Å². The molecule has 1 heterocycles. The van der Waals surface area contributed by atoms with E-state index in [1.165, 1.54) is 11.3 Å². The van der Waals surface area contributed by atoms with Crippen LogP contribution in [0.25, 0.3) is 0 Å². The zero-order valence-electron chi connectivity index (χ0n) is 10.6. The molecule has 0 fully saturated rings. The Morgan fingerprint density at radius 1 is 1.26 bits per heavy atom. The van der Waals surface area contributed by atoms with E-state index in [2.05, 4.69) is 0 Å². The van der Waals surface area contributed by atoms with Gasteiger partial charge in [0, 0.05) is 24.0 Å². The first-order valence-corrected chi connectivity index (χ1v) is 7.08. The van der Waals surface area contributed by atoms with Gasteiger partial charge in [0.25, 0.3) is 5.91 Å². The van der Waals surface area contributed by atoms with E-state index >= 15 is 0 Å². The third-order valence-corrected chi connectivity index (χ3v) is 4.02. The number of nitrogens with two attached hydrogens (primary N) is 1. The van der Waals surface area contributed by atoms with Crippen LogP contribution >= 0.6 is 22.9 Å². The SMILES string of the molecule is CN(Cc1ccc(Cl)s1)C(=O)c1ccc(CN)cc1. The van der Waals surface area contributed by atoms with Crippen molar-refractivity contribution in [1.29, 1.82) is 0 Å². The third-order valence-electron chi connectivity index (χ3n) is 2.81. The molecule has 0 aliphatic carbocycles. The fourth-order valence-corrected chi connectivity index (χ4v) is 2.89. The van der Waals surface area contributed by atoms with E-state index in [0.29, 0.717) is 18.7 Å². The number of benzene rings is 1. The van der Waals surface area contributed by atoms with Gasteiger partial charge in [0.15, 0.2) is 0 Å². The summed E-state index contributed by atoms with van der Waals surface area (Å²) in [6.07, 6.45) is 0. The van der Waals surface area contributed by atoms with E-state index in [9.17, 15) is 4.79 Å². The minimum atomic E-state index is -0.00639. The lowest BCUT2D eigenvalue weighted by atomic mass is 10.1. The molecule has 0 atom stereocenters. The summed E-state index contributed by atoms with van der Waals surface area (Å²) in [4.78, 5) is 15.0. The lowest BCUT2D eigenvalue weighted by Crippen LogP contribution is -2.25. The van der Waals surface area contributed by atoms with Crippen LogP contribution in [0.5, 0.6) is 0 Å². The first-order valence-electron chi connectivity index (χ1n) is 5.89. The van der Waals surface area contributed by atoms with Gasteiger partial charge in [-0.05, 0) is 29.8 Å². The normalized spacial score (nSPS) is 10.5. The van der Waals surface area contributed by atoms with Gasteiger partial charge in [-0.2, -0.15) is 0 Å². The van der Waals surface area contributed by atoms with E-state index in [1.807, 2.05) is 36.4 Å². The van der Waals surface area contributed by atoms with Crippen molar-refractivity contribution < 1.29 is 4.79 Å². The van der Waals surface area contributed by atoms with Crippen molar-refractivity contribution in [1.82, 2.24) is 4.90 Å². The average Bonchev–Trinajstić information content (AvgIpc) is 2.83. The Morgan fingerprint density at radius 3 is 2.47 bits per heavy atom. The largest absolute Gasteiger partial charge is 0.337 e. The van der Waals surface area contributed by atoms with E-state index in [0.717, 1.165) is 14.8 Å². The summed E-state index contributed by atoms with van der Waals surface area (Å²) >= 11 is 7.37. The lowest BCUT2D eigenvalue weighted by molar-refractivity contribution is 0.0786. The number of amides is 1. The molecule has 0 aliphatic heterocycles. The minimum absolute atomic E-state index is 0.00639. The second-order valence-electron chi connectivity index (χ2n) is 4.27. The van der Waals surface area contributed by atoms with Gasteiger partial charge in [-0.3, -0.25) is 4.79 Å². The summed E-state index contributed by atoms with van der Waals surface area (Å²) in [5.41, 5.74) is 7.22. The third kappa shape index (κ3) is 3.56. The maximum Gasteiger partial charge on any atom is 0.253 e. The molecule has 0 bridgehead atoms. The molecule has 3 nitrogen and oxygen atoms in total. The highest BCUT2D eigenvalue weighted by Crippen LogP contribution is 2.22. The average molecular weight is 295 g/mol. The van der Waals surface area contributed by atoms with E-state index in [1.54, 1.807) is 11.9 Å². The smallest absolute Gasteiger partial charge is 0.253 e. The molecule has 1 aromatic heterocycles. The molecule has 1 amide bonds. The Kier molecular flexibility index (Phi) is 4.58. The van der Waals surface area contributed by atoms with Crippen molar-refractivity contribution in [3.05, 3.63) is 56.7 Å². The van der Waals surface area contributed by atoms with Crippen LogP contribution in [0, 0.1) is 0 Å². The lowest BCUT2D eigenvalue weighted by Gasteiger charge is -2.16. The number of hydrogen-bond acceptors (Lipinski definition) is 3. The van der Waals surface area contributed by atoms with Gasteiger partial charge in [-0.1, -0.05) is 23.7 Å². The Hall–Kier alpha value is -1.36. The van der Waals surface area contributed by atoms with Crippen LogP contribution in [0.3, 0.4) is 0 Å². The Bertz CT molecular complexity index is 565. The summed E-state index contributed by atoms with van der Waals surface area (Å²) in [5, 5.41) is 0. The van der Waals surface area contributed by atoms with Crippen LogP contribution in [-0.4, -0.2) is 17.9 Å². The highest BCUT2D eigenvalue weighted by Gasteiger charge is 2.12. The fourth-order valence-electron chi connectivity index (χ4n) is 1.75. The number of rotatable bonds is 4. The number of halogens is 1. The van der Waals surface area contributed by atoms with Crippen LogP contribution in [0.2, 0.25) is 4.34 Å². The number of carbonyl (C=O) groups is 1. The molecule has 100 valence electrons. The van der Waals surface area contributed by atoms with Crippen molar-refractivity contribution in [3.8, 4) is 0 Å². The van der Waals surface area contributed by atoms with Crippen molar-refractivity contribution in [3.63, 3.8) is 0 Å². The van der Waals surface area contributed by atoms with Crippen LogP contribution < -0.4 is 5.73 Å². The van der Waals surface area contributed by atoms with Gasteiger partial charge in [-0.25, -0.2) is 0 Å². The predicted octanol–water partition coefficient (Wildman–Crippen LogP) is 3.13. The molecule has 0 radical (unpaired) electrons. The van der Waals surface area contributed by atoms with Gasteiger partial charge in [0.1, 0.15) is 0 Å². The molecule has 5 heteroatoms. The van der Waals surface area contributed by atoms with Crippen LogP contribution in [-0.2, 0) is 13.1 Å². The van der Waals surface area contributed by atoms with E-state index < -0.39 is 0 Å². The van der Waals surface area contributed by atoms with E-state index in [4.69, 9.17) is 17.3 Å². The quantitative estimate of drug-likeness (QED) is 0.941. The van der Waals surface area contributed by atoms with E-state index in [-0.39, 0.29) is 5.91 Å². The Morgan fingerprint density at radius 2 is 1.95 bits per heavy atom. The molecule has 0 spiro atoms. The number of hydrogen-bond donors (Lipinski definition) is 1. The summed E-state index contributed by atoms with van der Waals surface area (Å²) in [6.45, 7) is 1.05. The summed E-state index contributed by atoms with van der Waals surface area (Å²) in [7, 11) is 1.78. The molecule has 0 unspecified atom stereocenters. The molecule has 19 heavy (non-hydrogen) atoms. The second-order valence-corrected chi connectivity index (χ2v) is 6.07. The molecule has 2 rings (SSSR count). The zero-order chi connectivity index (χ0) is 13.8. The minimum Gasteiger partial charge on any atom is -0.337 e. The molecule has 0 aliphatic rings. The number of carbonyl (C=O) groups excluding carboxylic acids is 1. The zero-order valence-corrected chi connectivity index (χ0v) is 12.2. The summed E-state index contributed by atoms with van der Waals surface area (Å²) in [5.74, 6) is -0.00639. The van der Waals surface area contributed by atoms with Crippen molar-refractivity contribution in [2.24, 2.45) is 5.73 Å². The highest BCUT2D eigenvalue weighted by atomic mass is 35.5. The first kappa shape index (κ1) is 14.1. The van der Waals surface area contributed by atoms with Gasteiger partial charge in [0.05, 0.1) is 10.9 Å². The standard InChI is InChI=1S/C14H15ClN2OS/c1-17(9-12-6-7-13(15)19-12)14(18)11-4-2-10(8-16)3-5-11/h2-7H,8-9,16H2,1H3. The van der Waals surface area contributed by atoms with Crippen LogP contribution in [0.4, 0.5) is 0 Å². The van der Waals surface area contributed by atoms with Crippen molar-refractivity contribution in [2.75, 3.05) is 7.05 Å². The Labute approximate surface area is 121 Å². The number of nitrogens with zero attached hydrogens (tertiary/aromatic N) is 1. The monoisotopic (exact) mass is 294 g/mol. The molecule has 2 N–H and O–H groups in total. The highest BCUT2D eigenvalue weighted by molar-refractivity contribution is 7.16. The van der Waals surface area contributed by atoms with Crippen molar-refractivity contribution in [2.45, 2.75) is 13.1 Å². The molecule has 0 saturated carbocycles. The fraction of sp³-hybridized carbons (Fsp3) is 0.214. The predicted molar refractivity (Wildman–Crippen MR) is 79.5 cm³/mol. The summed E-state index contributed by atoms with van der Waals surface area (Å²) in [6, 6.07) is 11.2. The topological polar surface area (TPSA) is 46.3 Å². The maximum atomic E-state index is 12.2.